The van der Waals surface area contributed by atoms with Crippen molar-refractivity contribution in [1.82, 2.24) is 9.97 Å². The molecule has 17 heavy (non-hydrogen) atoms. The van der Waals surface area contributed by atoms with Gasteiger partial charge < -0.3 is 10.6 Å². The molecule has 2 N–H and O–H groups in total. The molecule has 4 nitrogen and oxygen atoms in total. The van der Waals surface area contributed by atoms with E-state index in [1.807, 2.05) is 13.1 Å². The minimum atomic E-state index is 0.267. The summed E-state index contributed by atoms with van der Waals surface area (Å²) in [7, 11) is 2.00. The predicted octanol–water partition coefficient (Wildman–Crippen LogP) is 2.19. The van der Waals surface area contributed by atoms with Crippen LogP contribution in [0.3, 0.4) is 0 Å². The van der Waals surface area contributed by atoms with Crippen molar-refractivity contribution in [3.05, 3.63) is 40.3 Å². The lowest BCUT2D eigenvalue weighted by Gasteiger charge is -2.24. The van der Waals surface area contributed by atoms with E-state index in [9.17, 15) is 0 Å². The second kappa shape index (κ2) is 5.25. The highest BCUT2D eigenvalue weighted by Gasteiger charge is 2.15. The van der Waals surface area contributed by atoms with Crippen molar-refractivity contribution in [2.24, 2.45) is 5.73 Å². The van der Waals surface area contributed by atoms with Crippen LogP contribution in [0, 0.1) is 0 Å². The lowest BCUT2D eigenvalue weighted by Crippen LogP contribution is -2.23. The van der Waals surface area contributed by atoms with E-state index >= 15 is 0 Å². The van der Waals surface area contributed by atoms with Gasteiger partial charge in [-0.3, -0.25) is 0 Å². The zero-order valence-corrected chi connectivity index (χ0v) is 10.8. The van der Waals surface area contributed by atoms with Crippen molar-refractivity contribution in [3.8, 4) is 0 Å². The second-order valence-electron chi connectivity index (χ2n) is 3.85. The van der Waals surface area contributed by atoms with Crippen LogP contribution < -0.4 is 10.6 Å². The first-order valence-corrected chi connectivity index (χ1v) is 6.38. The van der Waals surface area contributed by atoms with E-state index in [4.69, 9.17) is 5.73 Å². The first kappa shape index (κ1) is 12.0. The lowest BCUT2D eigenvalue weighted by atomic mass is 10.2. The van der Waals surface area contributed by atoms with E-state index in [1.165, 1.54) is 4.88 Å². The molecular weight excluding hydrogens is 232 g/mol. The van der Waals surface area contributed by atoms with Crippen molar-refractivity contribution in [1.29, 1.82) is 0 Å². The summed E-state index contributed by atoms with van der Waals surface area (Å²) in [4.78, 5) is 12.1. The zero-order chi connectivity index (χ0) is 12.3. The molecule has 0 aromatic carbocycles. The maximum absolute atomic E-state index is 5.58. The fourth-order valence-electron chi connectivity index (χ4n) is 1.56. The molecule has 0 saturated heterocycles. The minimum Gasteiger partial charge on any atom is -0.336 e. The average Bonchev–Trinajstić information content (AvgIpc) is 2.91. The molecule has 2 heterocycles. The Hall–Kier alpha value is -1.46. The topological polar surface area (TPSA) is 55.0 Å². The quantitative estimate of drug-likeness (QED) is 0.901. The molecule has 0 saturated carbocycles. The molecule has 0 aliphatic rings. The Morgan fingerprint density at radius 2 is 2.29 bits per heavy atom. The summed E-state index contributed by atoms with van der Waals surface area (Å²) in [6, 6.07) is 6.29. The minimum absolute atomic E-state index is 0.267. The van der Waals surface area contributed by atoms with E-state index in [0.29, 0.717) is 12.5 Å². The molecule has 1 atom stereocenters. The van der Waals surface area contributed by atoms with Crippen LogP contribution in [0.25, 0.3) is 0 Å². The van der Waals surface area contributed by atoms with Gasteiger partial charge in [-0.05, 0) is 24.4 Å². The molecule has 0 spiro atoms. The lowest BCUT2D eigenvalue weighted by molar-refractivity contribution is 0.722. The molecule has 0 fully saturated rings. The van der Waals surface area contributed by atoms with Crippen LogP contribution in [-0.4, -0.2) is 17.0 Å². The van der Waals surface area contributed by atoms with E-state index in [0.717, 1.165) is 5.69 Å². The molecule has 2 aromatic rings. The van der Waals surface area contributed by atoms with Crippen molar-refractivity contribution >= 4 is 17.3 Å². The predicted molar refractivity (Wildman–Crippen MR) is 71.1 cm³/mol. The number of thiophene rings is 1. The van der Waals surface area contributed by atoms with E-state index in [1.54, 1.807) is 17.5 Å². The zero-order valence-electron chi connectivity index (χ0n) is 10.00. The summed E-state index contributed by atoms with van der Waals surface area (Å²) in [6.07, 6.45) is 1.75. The largest absolute Gasteiger partial charge is 0.336 e. The number of hydrogen-bond acceptors (Lipinski definition) is 5. The van der Waals surface area contributed by atoms with Gasteiger partial charge >= 0.3 is 0 Å². The third-order valence-electron chi connectivity index (χ3n) is 2.76. The fraction of sp³-hybridized carbons (Fsp3) is 0.333. The third-order valence-corrected chi connectivity index (χ3v) is 3.80. The summed E-state index contributed by atoms with van der Waals surface area (Å²) in [5, 5.41) is 2.08. The molecule has 90 valence electrons. The van der Waals surface area contributed by atoms with Crippen LogP contribution >= 0.6 is 11.3 Å². The molecule has 1 unspecified atom stereocenters. The smallest absolute Gasteiger partial charge is 0.225 e. The summed E-state index contributed by atoms with van der Waals surface area (Å²) >= 11 is 1.74. The van der Waals surface area contributed by atoms with Gasteiger partial charge in [0.1, 0.15) is 0 Å². The van der Waals surface area contributed by atoms with Crippen LogP contribution in [0.1, 0.15) is 23.5 Å². The Morgan fingerprint density at radius 1 is 1.47 bits per heavy atom. The van der Waals surface area contributed by atoms with Crippen LogP contribution in [-0.2, 0) is 6.54 Å². The molecule has 0 amide bonds. The number of hydrogen-bond donors (Lipinski definition) is 1. The van der Waals surface area contributed by atoms with E-state index in [2.05, 4.69) is 39.3 Å². The number of nitrogens with zero attached hydrogens (tertiary/aromatic N) is 3. The Bertz CT molecular complexity index is 469. The Balaban J connectivity index is 2.21. The highest BCUT2D eigenvalue weighted by atomic mass is 32.1. The second-order valence-corrected chi connectivity index (χ2v) is 4.83. The monoisotopic (exact) mass is 248 g/mol. The molecule has 2 aromatic heterocycles. The Kier molecular flexibility index (Phi) is 3.71. The normalized spacial score (nSPS) is 12.4. The highest BCUT2D eigenvalue weighted by Crippen LogP contribution is 2.25. The SMILES string of the molecule is CC(c1cccs1)N(C)c1nccc(CN)n1. The summed E-state index contributed by atoms with van der Waals surface area (Å²) < 4.78 is 0. The molecule has 0 bridgehead atoms. The molecule has 0 aliphatic heterocycles. The van der Waals surface area contributed by atoms with Crippen molar-refractivity contribution in [2.75, 3.05) is 11.9 Å². The first-order chi connectivity index (χ1) is 8.22. The average molecular weight is 248 g/mol. The number of anilines is 1. The van der Waals surface area contributed by atoms with Gasteiger partial charge in [-0.15, -0.1) is 11.3 Å². The van der Waals surface area contributed by atoms with E-state index < -0.39 is 0 Å². The summed E-state index contributed by atoms with van der Waals surface area (Å²) in [5.41, 5.74) is 6.44. The molecule has 0 aliphatic carbocycles. The van der Waals surface area contributed by atoms with Gasteiger partial charge in [0, 0.05) is 24.7 Å². The van der Waals surface area contributed by atoms with Gasteiger partial charge in [0.05, 0.1) is 11.7 Å². The van der Waals surface area contributed by atoms with Gasteiger partial charge in [-0.2, -0.15) is 0 Å². The van der Waals surface area contributed by atoms with Gasteiger partial charge in [0.25, 0.3) is 0 Å². The van der Waals surface area contributed by atoms with Crippen molar-refractivity contribution in [3.63, 3.8) is 0 Å². The standard InChI is InChI=1S/C12H16N4S/c1-9(11-4-3-7-17-11)16(2)12-14-6-5-10(8-13)15-12/h3-7,9H,8,13H2,1-2H3. The van der Waals surface area contributed by atoms with Crippen LogP contribution in [0.5, 0.6) is 0 Å². The first-order valence-electron chi connectivity index (χ1n) is 5.50. The van der Waals surface area contributed by atoms with Crippen LogP contribution in [0.2, 0.25) is 0 Å². The summed E-state index contributed by atoms with van der Waals surface area (Å²) in [5.74, 6) is 0.717. The fourth-order valence-corrected chi connectivity index (χ4v) is 2.39. The van der Waals surface area contributed by atoms with Crippen LogP contribution in [0.4, 0.5) is 5.95 Å². The van der Waals surface area contributed by atoms with E-state index in [-0.39, 0.29) is 6.04 Å². The molecule has 2 rings (SSSR count). The molecule has 5 heteroatoms. The highest BCUT2D eigenvalue weighted by molar-refractivity contribution is 7.10. The van der Waals surface area contributed by atoms with Crippen molar-refractivity contribution in [2.45, 2.75) is 19.5 Å². The van der Waals surface area contributed by atoms with Crippen LogP contribution in [0.15, 0.2) is 29.8 Å². The van der Waals surface area contributed by atoms with Crippen molar-refractivity contribution < 1.29 is 0 Å². The maximum Gasteiger partial charge on any atom is 0.225 e. The Morgan fingerprint density at radius 3 is 2.94 bits per heavy atom. The van der Waals surface area contributed by atoms with Gasteiger partial charge in [-0.25, -0.2) is 9.97 Å². The summed E-state index contributed by atoms with van der Waals surface area (Å²) in [6.45, 7) is 2.58. The Labute approximate surface area is 105 Å². The number of rotatable bonds is 4. The molecule has 0 radical (unpaired) electrons. The third kappa shape index (κ3) is 2.62. The number of nitrogens with two attached hydrogens (primary N) is 1. The maximum atomic E-state index is 5.58. The van der Waals surface area contributed by atoms with Gasteiger partial charge in [0.15, 0.2) is 0 Å². The van der Waals surface area contributed by atoms with Gasteiger partial charge in [-0.1, -0.05) is 6.07 Å². The van der Waals surface area contributed by atoms with Gasteiger partial charge in [0.2, 0.25) is 5.95 Å². The number of aromatic nitrogens is 2. The molecular formula is C12H16N4S.